The van der Waals surface area contributed by atoms with Gasteiger partial charge in [0.1, 0.15) is 11.9 Å². The fraction of sp³-hybridized carbons (Fsp3) is 0.150. The second-order valence-corrected chi connectivity index (χ2v) is 7.05. The van der Waals surface area contributed by atoms with Crippen molar-refractivity contribution in [3.63, 3.8) is 0 Å². The first-order valence-corrected chi connectivity index (χ1v) is 9.44. The predicted octanol–water partition coefficient (Wildman–Crippen LogP) is 4.19. The predicted molar refractivity (Wildman–Crippen MR) is 116 cm³/mol. The van der Waals surface area contributed by atoms with E-state index in [2.05, 4.69) is 31.7 Å². The molecule has 29 heavy (non-hydrogen) atoms. The number of urea groups is 1. The molecule has 0 bridgehead atoms. The maximum atomic E-state index is 12.4. The minimum Gasteiger partial charge on any atom is -0.496 e. The molecule has 0 aliphatic heterocycles. The monoisotopic (exact) mass is 457 g/mol. The number of nitrogens with one attached hydrogen (secondary N) is 3. The summed E-state index contributed by atoms with van der Waals surface area (Å²) >= 11 is 3.49. The summed E-state index contributed by atoms with van der Waals surface area (Å²) in [5, 5.41) is 26.6. The van der Waals surface area contributed by atoms with Gasteiger partial charge in [0, 0.05) is 30.2 Å². The van der Waals surface area contributed by atoms with Crippen molar-refractivity contribution in [2.75, 3.05) is 17.7 Å². The minimum atomic E-state index is -1.01. The molecule has 3 rings (SSSR count). The van der Waals surface area contributed by atoms with Crippen LogP contribution in [0.25, 0.3) is 11.3 Å². The number of ether oxygens (including phenoxy) is 1. The van der Waals surface area contributed by atoms with Gasteiger partial charge < -0.3 is 25.9 Å². The summed E-state index contributed by atoms with van der Waals surface area (Å²) < 4.78 is 7.97. The fourth-order valence-corrected chi connectivity index (χ4v) is 3.44. The van der Waals surface area contributed by atoms with E-state index in [9.17, 15) is 9.90 Å². The number of rotatable bonds is 6. The first kappa shape index (κ1) is 20.6. The lowest BCUT2D eigenvalue weighted by molar-refractivity contribution is 0.251. The topological polar surface area (TPSA) is 112 Å². The normalized spacial score (nSPS) is 11.6. The molecule has 9 heteroatoms. The van der Waals surface area contributed by atoms with Crippen LogP contribution in [0.1, 0.15) is 11.7 Å². The lowest BCUT2D eigenvalue weighted by Gasteiger charge is -2.13. The number of aliphatic hydroxyl groups excluding tert-OH is 1. The first-order chi connectivity index (χ1) is 13.9. The molecule has 150 valence electrons. The molecule has 0 aliphatic carbocycles. The molecule has 4 N–H and O–H groups in total. The molecular formula is C20H20BrN5O3. The number of aliphatic hydroxyl groups is 1. The van der Waals surface area contributed by atoms with Crippen LogP contribution < -0.4 is 15.4 Å². The average molecular weight is 458 g/mol. The maximum absolute atomic E-state index is 12.4. The summed E-state index contributed by atoms with van der Waals surface area (Å²) in [5.74, 6) is 0.647. The zero-order valence-electron chi connectivity index (χ0n) is 15.8. The number of anilines is 2. The van der Waals surface area contributed by atoms with Crippen LogP contribution in [0, 0.1) is 5.41 Å². The van der Waals surface area contributed by atoms with E-state index in [0.717, 1.165) is 21.9 Å². The number of aromatic nitrogens is 2. The number of aryl methyl sites for hydroxylation is 1. The number of benzene rings is 2. The molecule has 0 fully saturated rings. The Morgan fingerprint density at radius 2 is 2.00 bits per heavy atom. The summed E-state index contributed by atoms with van der Waals surface area (Å²) in [4.78, 5) is 12.4. The van der Waals surface area contributed by atoms with Gasteiger partial charge in [0.25, 0.3) is 0 Å². The minimum absolute atomic E-state index is 0.438. The molecule has 8 nitrogen and oxygen atoms in total. The van der Waals surface area contributed by atoms with Gasteiger partial charge in [0.05, 0.1) is 23.5 Å². The second kappa shape index (κ2) is 8.89. The van der Waals surface area contributed by atoms with Gasteiger partial charge >= 0.3 is 6.03 Å². The van der Waals surface area contributed by atoms with Crippen LogP contribution in [-0.4, -0.2) is 34.2 Å². The van der Waals surface area contributed by atoms with Gasteiger partial charge in [-0.3, -0.25) is 4.68 Å². The second-order valence-electron chi connectivity index (χ2n) is 6.20. The molecule has 1 atom stereocenters. The number of hydrogen-bond acceptors (Lipinski definition) is 5. The Morgan fingerprint density at radius 1 is 1.28 bits per heavy atom. The van der Waals surface area contributed by atoms with Crippen molar-refractivity contribution in [1.29, 1.82) is 5.41 Å². The highest BCUT2D eigenvalue weighted by Crippen LogP contribution is 2.36. The highest BCUT2D eigenvalue weighted by molar-refractivity contribution is 9.10. The van der Waals surface area contributed by atoms with Gasteiger partial charge in [0.2, 0.25) is 0 Å². The van der Waals surface area contributed by atoms with Crippen LogP contribution in [0.3, 0.4) is 0 Å². The fourth-order valence-electron chi connectivity index (χ4n) is 2.87. The third-order valence-electron chi connectivity index (χ3n) is 4.25. The van der Waals surface area contributed by atoms with Crippen molar-refractivity contribution in [2.45, 2.75) is 6.10 Å². The van der Waals surface area contributed by atoms with E-state index in [-0.39, 0.29) is 0 Å². The number of nitrogens with zero attached hydrogens (tertiary/aromatic N) is 2. The van der Waals surface area contributed by atoms with Crippen LogP contribution in [0.15, 0.2) is 53.1 Å². The number of halogens is 1. The lowest BCUT2D eigenvalue weighted by Crippen LogP contribution is -2.19. The SMILES string of the molecule is COc1ccc(NC(=O)Nc2cccc(C(O)C=N)c2)cc1-c1c(Br)cnn1C. The van der Waals surface area contributed by atoms with Crippen molar-refractivity contribution in [2.24, 2.45) is 7.05 Å². The zero-order chi connectivity index (χ0) is 21.0. The van der Waals surface area contributed by atoms with E-state index in [1.54, 1.807) is 60.5 Å². The third kappa shape index (κ3) is 4.64. The zero-order valence-corrected chi connectivity index (χ0v) is 17.4. The van der Waals surface area contributed by atoms with Crippen molar-refractivity contribution < 1.29 is 14.6 Å². The molecule has 0 spiro atoms. The van der Waals surface area contributed by atoms with Gasteiger partial charge in [-0.05, 0) is 51.8 Å². The molecule has 1 heterocycles. The van der Waals surface area contributed by atoms with Crippen molar-refractivity contribution in [3.8, 4) is 17.0 Å². The Bertz CT molecular complexity index is 1030. The number of amides is 2. The van der Waals surface area contributed by atoms with E-state index in [1.165, 1.54) is 0 Å². The first-order valence-electron chi connectivity index (χ1n) is 8.65. The highest BCUT2D eigenvalue weighted by Gasteiger charge is 2.15. The molecule has 1 unspecified atom stereocenters. The van der Waals surface area contributed by atoms with Crippen LogP contribution >= 0.6 is 15.9 Å². The average Bonchev–Trinajstić information content (AvgIpc) is 3.05. The van der Waals surface area contributed by atoms with Crippen molar-refractivity contribution in [1.82, 2.24) is 9.78 Å². The summed E-state index contributed by atoms with van der Waals surface area (Å²) in [7, 11) is 3.40. The Hall–Kier alpha value is -3.17. The van der Waals surface area contributed by atoms with Crippen molar-refractivity contribution in [3.05, 3.63) is 58.7 Å². The number of hydrogen-bond donors (Lipinski definition) is 4. The number of carbonyl (C=O) groups excluding carboxylic acids is 1. The van der Waals surface area contributed by atoms with E-state index in [0.29, 0.717) is 22.7 Å². The van der Waals surface area contributed by atoms with E-state index < -0.39 is 12.1 Å². The summed E-state index contributed by atoms with van der Waals surface area (Å²) in [6.45, 7) is 0. The van der Waals surface area contributed by atoms with Crippen LogP contribution in [0.2, 0.25) is 0 Å². The number of methoxy groups -OCH3 is 1. The highest BCUT2D eigenvalue weighted by atomic mass is 79.9. The molecule has 0 saturated carbocycles. The van der Waals surface area contributed by atoms with E-state index >= 15 is 0 Å². The van der Waals surface area contributed by atoms with Crippen LogP contribution in [-0.2, 0) is 7.05 Å². The summed E-state index contributed by atoms with van der Waals surface area (Å²) in [6.07, 6.45) is 1.60. The quantitative estimate of drug-likeness (QED) is 0.415. The summed E-state index contributed by atoms with van der Waals surface area (Å²) in [5.41, 5.74) is 3.18. The molecule has 1 aromatic heterocycles. The van der Waals surface area contributed by atoms with Gasteiger partial charge in [-0.1, -0.05) is 12.1 Å². The molecule has 3 aromatic rings. The van der Waals surface area contributed by atoms with E-state index in [1.807, 2.05) is 7.05 Å². The number of carbonyl (C=O) groups is 1. The molecule has 0 aliphatic rings. The van der Waals surface area contributed by atoms with Gasteiger partial charge in [-0.25, -0.2) is 4.79 Å². The van der Waals surface area contributed by atoms with Gasteiger partial charge in [-0.15, -0.1) is 0 Å². The molecular weight excluding hydrogens is 438 g/mol. The van der Waals surface area contributed by atoms with Crippen LogP contribution in [0.5, 0.6) is 5.75 Å². The molecule has 0 radical (unpaired) electrons. The standard InChI is InChI=1S/C20H20BrN5O3/c1-26-19(16(21)11-23-26)15-9-14(6-7-18(15)29-2)25-20(28)24-13-5-3-4-12(8-13)17(27)10-22/h3-11,17,22,27H,1-2H3,(H2,24,25,28). The van der Waals surface area contributed by atoms with Crippen molar-refractivity contribution >= 4 is 39.6 Å². The van der Waals surface area contributed by atoms with E-state index in [4.69, 9.17) is 10.1 Å². The smallest absolute Gasteiger partial charge is 0.323 e. The maximum Gasteiger partial charge on any atom is 0.323 e. The summed E-state index contributed by atoms with van der Waals surface area (Å²) in [6, 6.07) is 11.6. The van der Waals surface area contributed by atoms with Gasteiger partial charge in [-0.2, -0.15) is 5.10 Å². The Balaban J connectivity index is 1.81. The Labute approximate surface area is 176 Å². The van der Waals surface area contributed by atoms with Crippen LogP contribution in [0.4, 0.5) is 16.2 Å². The Morgan fingerprint density at radius 3 is 2.62 bits per heavy atom. The molecule has 2 aromatic carbocycles. The molecule has 2 amide bonds. The third-order valence-corrected chi connectivity index (χ3v) is 4.83. The van der Waals surface area contributed by atoms with Gasteiger partial charge in [0.15, 0.2) is 0 Å². The molecule has 0 saturated heterocycles. The lowest BCUT2D eigenvalue weighted by atomic mass is 10.1. The Kier molecular flexibility index (Phi) is 6.30. The largest absolute Gasteiger partial charge is 0.496 e.